The van der Waals surface area contributed by atoms with Crippen molar-refractivity contribution in [2.24, 2.45) is 0 Å². The summed E-state index contributed by atoms with van der Waals surface area (Å²) < 4.78 is 1.88. The number of anilines is 1. The van der Waals surface area contributed by atoms with Crippen LogP contribution in [0, 0.1) is 0 Å². The number of thioether (sulfide) groups is 1. The highest BCUT2D eigenvalue weighted by molar-refractivity contribution is 8.01. The average molecular weight is 392 g/mol. The smallest absolute Gasteiger partial charge is 0.249 e. The minimum atomic E-state index is -0.456. The molecular formula is C21H20N4O2S. The van der Waals surface area contributed by atoms with Crippen molar-refractivity contribution in [3.8, 4) is 11.3 Å². The summed E-state index contributed by atoms with van der Waals surface area (Å²) >= 11 is 1.69. The molecule has 2 atom stereocenters. The van der Waals surface area contributed by atoms with Crippen molar-refractivity contribution in [3.05, 3.63) is 54.7 Å². The molecule has 2 amide bonds. The van der Waals surface area contributed by atoms with Gasteiger partial charge in [-0.3, -0.25) is 14.0 Å². The average Bonchev–Trinajstić information content (AvgIpc) is 3.34. The maximum atomic E-state index is 13.2. The summed E-state index contributed by atoms with van der Waals surface area (Å²) in [5, 5.41) is 3.08. The predicted molar refractivity (Wildman–Crippen MR) is 110 cm³/mol. The van der Waals surface area contributed by atoms with Crippen LogP contribution in [0.5, 0.6) is 0 Å². The van der Waals surface area contributed by atoms with Gasteiger partial charge in [0.15, 0.2) is 0 Å². The number of hydrogen-bond acceptors (Lipinski definition) is 4. The largest absolute Gasteiger partial charge is 0.315 e. The molecule has 2 saturated heterocycles. The Bertz CT molecular complexity index is 1080. The van der Waals surface area contributed by atoms with Crippen molar-refractivity contribution in [1.29, 1.82) is 0 Å². The molecule has 4 heterocycles. The number of carbonyl (C=O) groups excluding carboxylic acids is 2. The first-order valence-corrected chi connectivity index (χ1v) is 10.3. The van der Waals surface area contributed by atoms with Crippen LogP contribution in [-0.2, 0) is 9.59 Å². The monoisotopic (exact) mass is 392 g/mol. The van der Waals surface area contributed by atoms with E-state index in [9.17, 15) is 9.59 Å². The fourth-order valence-electron chi connectivity index (χ4n) is 4.13. The van der Waals surface area contributed by atoms with Crippen molar-refractivity contribution in [3.63, 3.8) is 0 Å². The third-order valence-corrected chi connectivity index (χ3v) is 7.07. The Morgan fingerprint density at radius 2 is 2.00 bits per heavy atom. The molecule has 142 valence electrons. The fraction of sp³-hybridized carbons (Fsp3) is 0.286. The predicted octanol–water partition coefficient (Wildman–Crippen LogP) is 3.39. The van der Waals surface area contributed by atoms with Gasteiger partial charge in [-0.1, -0.05) is 36.4 Å². The number of aromatic nitrogens is 2. The Balaban J connectivity index is 1.53. The van der Waals surface area contributed by atoms with E-state index in [1.807, 2.05) is 59.1 Å². The van der Waals surface area contributed by atoms with Crippen LogP contribution in [0.15, 0.2) is 54.7 Å². The fourth-order valence-corrected chi connectivity index (χ4v) is 5.56. The highest BCUT2D eigenvalue weighted by Crippen LogP contribution is 2.47. The molecule has 2 aliphatic heterocycles. The summed E-state index contributed by atoms with van der Waals surface area (Å²) in [6.07, 6.45) is 3.20. The highest BCUT2D eigenvalue weighted by Gasteiger charge is 2.53. The topological polar surface area (TPSA) is 66.7 Å². The number of fused-ring (bicyclic) bond motifs is 2. The second-order valence-electron chi connectivity index (χ2n) is 7.36. The molecule has 0 radical (unpaired) electrons. The van der Waals surface area contributed by atoms with Crippen LogP contribution in [0.25, 0.3) is 16.9 Å². The highest BCUT2D eigenvalue weighted by atomic mass is 32.2. The van der Waals surface area contributed by atoms with Gasteiger partial charge in [-0.2, -0.15) is 0 Å². The zero-order valence-electron chi connectivity index (χ0n) is 15.5. The second-order valence-corrected chi connectivity index (χ2v) is 8.86. The van der Waals surface area contributed by atoms with E-state index in [2.05, 4.69) is 12.2 Å². The van der Waals surface area contributed by atoms with Crippen molar-refractivity contribution in [2.45, 2.75) is 30.7 Å². The standard InChI is InChI=1S/C21H20N4O2S/c1-21-11-10-17(26)25(21)15(13-28-21)20(27)23-19-18(14-7-3-2-4-8-14)22-16-9-5-6-12-24(16)19/h2-9,12,15H,10-11,13H2,1H3,(H,23,27)/t15-,21-/m1/s1. The molecular weight excluding hydrogens is 372 g/mol. The van der Waals surface area contributed by atoms with Crippen LogP contribution < -0.4 is 5.32 Å². The third-order valence-electron chi connectivity index (χ3n) is 5.57. The van der Waals surface area contributed by atoms with Gasteiger partial charge in [0.25, 0.3) is 0 Å². The molecule has 28 heavy (non-hydrogen) atoms. The Hall–Kier alpha value is -2.80. The van der Waals surface area contributed by atoms with Crippen molar-refractivity contribution in [1.82, 2.24) is 14.3 Å². The third kappa shape index (κ3) is 2.61. The number of hydrogen-bond donors (Lipinski definition) is 1. The van der Waals surface area contributed by atoms with Crippen LogP contribution in [0.1, 0.15) is 19.8 Å². The molecule has 5 rings (SSSR count). The second kappa shape index (κ2) is 6.38. The molecule has 6 nitrogen and oxygen atoms in total. The number of carbonyl (C=O) groups is 2. The number of rotatable bonds is 3. The Morgan fingerprint density at radius 1 is 1.21 bits per heavy atom. The lowest BCUT2D eigenvalue weighted by molar-refractivity contribution is -0.135. The summed E-state index contributed by atoms with van der Waals surface area (Å²) in [5.41, 5.74) is 2.42. The first-order valence-electron chi connectivity index (χ1n) is 9.36. The van der Waals surface area contributed by atoms with Gasteiger partial charge in [-0.15, -0.1) is 11.8 Å². The molecule has 3 aromatic rings. The van der Waals surface area contributed by atoms with Crippen LogP contribution in [0.4, 0.5) is 5.82 Å². The van der Waals surface area contributed by atoms with E-state index in [-0.39, 0.29) is 16.7 Å². The van der Waals surface area contributed by atoms with Gasteiger partial charge in [0.1, 0.15) is 23.2 Å². The lowest BCUT2D eigenvalue weighted by atomic mass is 10.1. The van der Waals surface area contributed by atoms with Crippen LogP contribution in [0.2, 0.25) is 0 Å². The first-order chi connectivity index (χ1) is 13.6. The van der Waals surface area contributed by atoms with Gasteiger partial charge in [-0.05, 0) is 25.5 Å². The molecule has 0 aliphatic carbocycles. The SMILES string of the molecule is C[C@@]12CCC(=O)N1[C@@H](C(=O)Nc1c(-c3ccccc3)nc3ccccn13)CS2. The van der Waals surface area contributed by atoms with Gasteiger partial charge in [0.05, 0.1) is 4.87 Å². The van der Waals surface area contributed by atoms with E-state index < -0.39 is 6.04 Å². The molecule has 0 bridgehead atoms. The maximum Gasteiger partial charge on any atom is 0.249 e. The molecule has 2 aliphatic rings. The number of pyridine rings is 1. The molecule has 1 N–H and O–H groups in total. The molecule has 0 saturated carbocycles. The van der Waals surface area contributed by atoms with Crippen molar-refractivity contribution < 1.29 is 9.59 Å². The maximum absolute atomic E-state index is 13.2. The van der Waals surface area contributed by atoms with Crippen LogP contribution in [-0.4, -0.2) is 42.8 Å². The Labute approximate surface area is 166 Å². The minimum absolute atomic E-state index is 0.0640. The van der Waals surface area contributed by atoms with Crippen molar-refractivity contribution >= 4 is 35.0 Å². The Kier molecular flexibility index (Phi) is 3.94. The molecule has 0 unspecified atom stereocenters. The van der Waals surface area contributed by atoms with Gasteiger partial charge in [0, 0.05) is 23.9 Å². The summed E-state index contributed by atoms with van der Waals surface area (Å²) in [7, 11) is 0. The molecule has 2 fully saturated rings. The summed E-state index contributed by atoms with van der Waals surface area (Å²) in [6.45, 7) is 2.06. The summed E-state index contributed by atoms with van der Waals surface area (Å²) in [6, 6.07) is 15.1. The zero-order valence-corrected chi connectivity index (χ0v) is 16.3. The zero-order chi connectivity index (χ0) is 19.3. The Morgan fingerprint density at radius 3 is 2.82 bits per heavy atom. The lowest BCUT2D eigenvalue weighted by Crippen LogP contribution is -2.48. The number of amides is 2. The number of nitrogens with one attached hydrogen (secondary N) is 1. The number of imidazole rings is 1. The van der Waals surface area contributed by atoms with E-state index in [0.29, 0.717) is 18.0 Å². The van der Waals surface area contributed by atoms with E-state index in [4.69, 9.17) is 4.98 Å². The quantitative estimate of drug-likeness (QED) is 0.742. The van der Waals surface area contributed by atoms with Crippen LogP contribution in [0.3, 0.4) is 0 Å². The number of nitrogens with zero attached hydrogens (tertiary/aromatic N) is 3. The summed E-state index contributed by atoms with van der Waals surface area (Å²) in [4.78, 5) is 31.8. The van der Waals surface area contributed by atoms with E-state index >= 15 is 0 Å². The van der Waals surface area contributed by atoms with Gasteiger partial charge in [0.2, 0.25) is 11.8 Å². The van der Waals surface area contributed by atoms with Gasteiger partial charge >= 0.3 is 0 Å². The van der Waals surface area contributed by atoms with Crippen LogP contribution >= 0.6 is 11.8 Å². The van der Waals surface area contributed by atoms with Gasteiger partial charge in [-0.25, -0.2) is 4.98 Å². The van der Waals surface area contributed by atoms with E-state index in [1.165, 1.54) is 0 Å². The minimum Gasteiger partial charge on any atom is -0.315 e. The van der Waals surface area contributed by atoms with Crippen molar-refractivity contribution in [2.75, 3.05) is 11.1 Å². The summed E-state index contributed by atoms with van der Waals surface area (Å²) in [5.74, 6) is 1.16. The van der Waals surface area contributed by atoms with E-state index in [0.717, 1.165) is 23.3 Å². The lowest BCUT2D eigenvalue weighted by Gasteiger charge is -2.29. The first kappa shape index (κ1) is 17.3. The van der Waals surface area contributed by atoms with E-state index in [1.54, 1.807) is 16.7 Å². The van der Waals surface area contributed by atoms with Gasteiger partial charge < -0.3 is 10.2 Å². The molecule has 0 spiro atoms. The number of benzene rings is 1. The molecule has 1 aromatic carbocycles. The molecule has 2 aromatic heterocycles. The molecule has 7 heteroatoms. The normalized spacial score (nSPS) is 24.0.